The lowest BCUT2D eigenvalue weighted by atomic mass is 9.68. The summed E-state index contributed by atoms with van der Waals surface area (Å²) in [6.45, 7) is 5.35. The second kappa shape index (κ2) is 9.82. The highest BCUT2D eigenvalue weighted by molar-refractivity contribution is 14.0. The van der Waals surface area contributed by atoms with Crippen molar-refractivity contribution in [2.75, 3.05) is 40.4 Å². The molecule has 0 bridgehead atoms. The number of nitrogens with one attached hydrogen (secondary N) is 1. The van der Waals surface area contributed by atoms with Gasteiger partial charge in [-0.15, -0.1) is 24.0 Å². The molecular weight excluding hydrogens is 457 g/mol. The number of rotatable bonds is 6. The van der Waals surface area contributed by atoms with Gasteiger partial charge in [-0.3, -0.25) is 4.99 Å². The van der Waals surface area contributed by atoms with Crippen molar-refractivity contribution in [1.29, 1.82) is 0 Å². The third-order valence-electron chi connectivity index (χ3n) is 5.66. The van der Waals surface area contributed by atoms with Crippen LogP contribution in [0.4, 0.5) is 0 Å². The molecule has 0 aromatic heterocycles. The minimum Gasteiger partial charge on any atom is -0.497 e. The Bertz CT molecular complexity index is 627. The molecule has 1 atom stereocenters. The molecule has 3 rings (SSSR count). The standard InChI is InChI=1S/C20H31N3O3.HI/c1-4-21-19(23-9-8-20(14-23)6-5-7-20)22-13-18(24)15-10-16(25-2)12-17(11-15)26-3;/h10-12,18,24H,4-9,13-14H2,1-3H3,(H,21,22);1H. The molecule has 1 saturated carbocycles. The minimum atomic E-state index is -0.701. The fourth-order valence-corrected chi connectivity index (χ4v) is 3.93. The summed E-state index contributed by atoms with van der Waals surface area (Å²) in [5.74, 6) is 2.24. The normalized spacial score (nSPS) is 19.3. The Morgan fingerprint density at radius 3 is 2.37 bits per heavy atom. The Labute approximate surface area is 179 Å². The molecule has 1 spiro atoms. The Kier molecular flexibility index (Phi) is 8.03. The average Bonchev–Trinajstić information content (AvgIpc) is 3.10. The van der Waals surface area contributed by atoms with Crippen molar-refractivity contribution >= 4 is 29.9 Å². The van der Waals surface area contributed by atoms with Crippen LogP contribution < -0.4 is 14.8 Å². The predicted octanol–water partition coefficient (Wildman–Crippen LogP) is 3.20. The minimum absolute atomic E-state index is 0. The molecule has 27 heavy (non-hydrogen) atoms. The number of nitrogens with zero attached hydrogens (tertiary/aromatic N) is 2. The van der Waals surface area contributed by atoms with Gasteiger partial charge in [0.15, 0.2) is 5.96 Å². The second-order valence-electron chi connectivity index (χ2n) is 7.38. The van der Waals surface area contributed by atoms with E-state index in [2.05, 4.69) is 17.1 Å². The number of hydrogen-bond acceptors (Lipinski definition) is 4. The summed E-state index contributed by atoms with van der Waals surface area (Å²) in [6, 6.07) is 5.45. The quantitative estimate of drug-likeness (QED) is 0.365. The Morgan fingerprint density at radius 2 is 1.89 bits per heavy atom. The number of guanidine groups is 1. The largest absolute Gasteiger partial charge is 0.497 e. The van der Waals surface area contributed by atoms with Crippen LogP contribution in [0.5, 0.6) is 11.5 Å². The average molecular weight is 489 g/mol. The monoisotopic (exact) mass is 489 g/mol. The Morgan fingerprint density at radius 1 is 1.22 bits per heavy atom. The van der Waals surface area contributed by atoms with Crippen LogP contribution in [0.2, 0.25) is 0 Å². The fraction of sp³-hybridized carbons (Fsp3) is 0.650. The van der Waals surface area contributed by atoms with Gasteiger partial charge in [-0.1, -0.05) is 6.42 Å². The smallest absolute Gasteiger partial charge is 0.194 e. The van der Waals surface area contributed by atoms with Crippen LogP contribution in [0.1, 0.15) is 44.3 Å². The summed E-state index contributed by atoms with van der Waals surface area (Å²) in [5.41, 5.74) is 1.27. The number of aliphatic hydroxyl groups is 1. The number of benzene rings is 1. The topological polar surface area (TPSA) is 66.3 Å². The summed E-state index contributed by atoms with van der Waals surface area (Å²) in [4.78, 5) is 7.06. The second-order valence-corrected chi connectivity index (χ2v) is 7.38. The zero-order valence-electron chi connectivity index (χ0n) is 16.5. The van der Waals surface area contributed by atoms with Gasteiger partial charge in [-0.05, 0) is 49.3 Å². The first-order chi connectivity index (χ1) is 12.6. The van der Waals surface area contributed by atoms with E-state index in [9.17, 15) is 5.11 Å². The first-order valence-electron chi connectivity index (χ1n) is 9.53. The van der Waals surface area contributed by atoms with Crippen molar-refractivity contribution in [3.05, 3.63) is 23.8 Å². The number of methoxy groups -OCH3 is 2. The lowest BCUT2D eigenvalue weighted by Crippen LogP contribution is -2.42. The molecule has 6 nitrogen and oxygen atoms in total. The molecule has 1 heterocycles. The molecule has 0 amide bonds. The fourth-order valence-electron chi connectivity index (χ4n) is 3.93. The lowest BCUT2D eigenvalue weighted by Gasteiger charge is -2.38. The Hall–Kier alpha value is -1.22. The van der Waals surface area contributed by atoms with E-state index in [4.69, 9.17) is 14.5 Å². The summed E-state index contributed by atoms with van der Waals surface area (Å²) in [6.07, 6.45) is 4.60. The number of hydrogen-bond donors (Lipinski definition) is 2. The zero-order chi connectivity index (χ0) is 18.6. The van der Waals surface area contributed by atoms with Crippen molar-refractivity contribution in [2.45, 2.75) is 38.7 Å². The molecule has 2 fully saturated rings. The predicted molar refractivity (Wildman–Crippen MR) is 118 cm³/mol. The van der Waals surface area contributed by atoms with Crippen molar-refractivity contribution in [3.63, 3.8) is 0 Å². The first kappa shape index (κ1) is 22.1. The van der Waals surface area contributed by atoms with Crippen LogP contribution >= 0.6 is 24.0 Å². The van der Waals surface area contributed by atoms with E-state index < -0.39 is 6.10 Å². The van der Waals surface area contributed by atoms with Crippen LogP contribution in [-0.4, -0.2) is 56.4 Å². The summed E-state index contributed by atoms with van der Waals surface area (Å²) in [5, 5.41) is 14.0. The molecule has 1 aromatic rings. The van der Waals surface area contributed by atoms with Crippen molar-refractivity contribution in [1.82, 2.24) is 10.2 Å². The summed E-state index contributed by atoms with van der Waals surface area (Å²) >= 11 is 0. The van der Waals surface area contributed by atoms with E-state index >= 15 is 0 Å². The van der Waals surface area contributed by atoms with E-state index in [-0.39, 0.29) is 24.0 Å². The molecule has 1 aliphatic heterocycles. The highest BCUT2D eigenvalue weighted by Gasteiger charge is 2.43. The van der Waals surface area contributed by atoms with E-state index in [0.29, 0.717) is 23.5 Å². The van der Waals surface area contributed by atoms with E-state index in [1.807, 2.05) is 12.1 Å². The Balaban J connectivity index is 0.00000261. The zero-order valence-corrected chi connectivity index (χ0v) is 18.9. The lowest BCUT2D eigenvalue weighted by molar-refractivity contribution is 0.151. The van der Waals surface area contributed by atoms with Gasteiger partial charge in [0.25, 0.3) is 0 Å². The molecule has 152 valence electrons. The third kappa shape index (κ3) is 5.19. The van der Waals surface area contributed by atoms with Crippen molar-refractivity contribution in [3.8, 4) is 11.5 Å². The highest BCUT2D eigenvalue weighted by atomic mass is 127. The summed E-state index contributed by atoms with van der Waals surface area (Å²) < 4.78 is 10.6. The SMILES string of the molecule is CCNC(=NCC(O)c1cc(OC)cc(OC)c1)N1CCC2(CCC2)C1.I. The summed E-state index contributed by atoms with van der Waals surface area (Å²) in [7, 11) is 3.21. The van der Waals surface area contributed by atoms with Gasteiger partial charge in [-0.2, -0.15) is 0 Å². The van der Waals surface area contributed by atoms with Gasteiger partial charge in [0.05, 0.1) is 26.9 Å². The molecule has 7 heteroatoms. The van der Waals surface area contributed by atoms with Gasteiger partial charge in [0, 0.05) is 25.7 Å². The van der Waals surface area contributed by atoms with Crippen LogP contribution in [-0.2, 0) is 0 Å². The van der Waals surface area contributed by atoms with Crippen LogP contribution in [0, 0.1) is 5.41 Å². The van der Waals surface area contributed by atoms with Crippen LogP contribution in [0.3, 0.4) is 0 Å². The molecule has 1 aromatic carbocycles. The van der Waals surface area contributed by atoms with Gasteiger partial charge in [-0.25, -0.2) is 0 Å². The third-order valence-corrected chi connectivity index (χ3v) is 5.66. The maximum absolute atomic E-state index is 10.6. The van der Waals surface area contributed by atoms with Gasteiger partial charge in [0.1, 0.15) is 11.5 Å². The molecule has 2 N–H and O–H groups in total. The maximum atomic E-state index is 10.6. The molecule has 1 saturated heterocycles. The van der Waals surface area contributed by atoms with E-state index in [1.54, 1.807) is 20.3 Å². The van der Waals surface area contributed by atoms with Crippen molar-refractivity contribution in [2.24, 2.45) is 10.4 Å². The van der Waals surface area contributed by atoms with Gasteiger partial charge >= 0.3 is 0 Å². The van der Waals surface area contributed by atoms with Crippen LogP contribution in [0.15, 0.2) is 23.2 Å². The molecule has 2 aliphatic rings. The number of ether oxygens (including phenoxy) is 2. The maximum Gasteiger partial charge on any atom is 0.194 e. The van der Waals surface area contributed by atoms with E-state index in [1.165, 1.54) is 25.7 Å². The molecule has 0 radical (unpaired) electrons. The van der Waals surface area contributed by atoms with Crippen molar-refractivity contribution < 1.29 is 14.6 Å². The van der Waals surface area contributed by atoms with Gasteiger partial charge in [0.2, 0.25) is 0 Å². The first-order valence-corrected chi connectivity index (χ1v) is 9.53. The number of aliphatic hydroxyl groups excluding tert-OH is 1. The number of halogens is 1. The van der Waals surface area contributed by atoms with E-state index in [0.717, 1.165) is 31.2 Å². The molecule has 1 unspecified atom stereocenters. The number of likely N-dealkylation sites (tertiary alicyclic amines) is 1. The van der Waals surface area contributed by atoms with Crippen LogP contribution in [0.25, 0.3) is 0 Å². The molecule has 1 aliphatic carbocycles. The number of aliphatic imine (C=N–C) groups is 1. The molecular formula is C20H32IN3O3. The highest BCUT2D eigenvalue weighted by Crippen LogP contribution is 2.47. The van der Waals surface area contributed by atoms with Gasteiger partial charge < -0.3 is 24.8 Å².